The summed E-state index contributed by atoms with van der Waals surface area (Å²) in [6, 6.07) is 7.49. The second-order valence-corrected chi connectivity index (χ2v) is 6.29. The summed E-state index contributed by atoms with van der Waals surface area (Å²) < 4.78 is 6.26. The van der Waals surface area contributed by atoms with Gasteiger partial charge in [-0.1, -0.05) is 33.2 Å². The van der Waals surface area contributed by atoms with Crippen molar-refractivity contribution in [3.8, 4) is 0 Å². The Hall–Kier alpha value is -1.44. The third-order valence-corrected chi connectivity index (χ3v) is 4.24. The van der Waals surface area contributed by atoms with Crippen molar-refractivity contribution in [2.75, 3.05) is 6.54 Å². The molecule has 0 bridgehead atoms. The Morgan fingerprint density at radius 2 is 2.30 bits per heavy atom. The Labute approximate surface area is 148 Å². The number of hydrogen-bond donors (Lipinski definition) is 1. The monoisotopic (exact) mass is 401 g/mol. The van der Waals surface area contributed by atoms with Crippen LogP contribution < -0.4 is 0 Å². The minimum atomic E-state index is -0.786. The van der Waals surface area contributed by atoms with Gasteiger partial charge in [-0.05, 0) is 37.1 Å². The predicted octanol–water partition coefficient (Wildman–Crippen LogP) is 2.89. The molecule has 2 aromatic rings. The van der Waals surface area contributed by atoms with Crippen molar-refractivity contribution in [1.29, 1.82) is 0 Å². The van der Waals surface area contributed by atoms with E-state index in [2.05, 4.69) is 26.1 Å². The van der Waals surface area contributed by atoms with Crippen LogP contribution in [0.15, 0.2) is 33.3 Å². The van der Waals surface area contributed by atoms with Crippen molar-refractivity contribution < 1.29 is 14.4 Å². The molecule has 124 valence electrons. The molecule has 0 amide bonds. The average Bonchev–Trinajstić information content (AvgIpc) is 3.09. The molecule has 1 aliphatic heterocycles. The van der Waals surface area contributed by atoms with Crippen LogP contribution in [0.1, 0.15) is 30.1 Å². The molecule has 0 radical (unpaired) electrons. The van der Waals surface area contributed by atoms with Gasteiger partial charge in [0.25, 0.3) is 0 Å². The molecular formula is C15H17BrClN3O3. The van der Waals surface area contributed by atoms with Crippen molar-refractivity contribution in [3.05, 3.63) is 46.0 Å². The Morgan fingerprint density at radius 1 is 1.48 bits per heavy atom. The Morgan fingerprint density at radius 3 is 3.04 bits per heavy atom. The largest absolute Gasteiger partial charge is 0.480 e. The molecule has 0 saturated carbocycles. The second-order valence-electron chi connectivity index (χ2n) is 5.38. The molecule has 2 heterocycles. The van der Waals surface area contributed by atoms with Gasteiger partial charge in [-0.25, -0.2) is 0 Å². The standard InChI is InChI=1S/C15H16BrN3O3.ClH/c16-11-4-1-3-10(7-11)8-13-17-14(22-18-13)9-19-6-2-5-12(19)15(20)21;/h1,3-4,7,12H,2,5-6,8-9H2,(H,20,21);1H/t12-;/m1./s1. The van der Waals surface area contributed by atoms with E-state index in [1.807, 2.05) is 29.2 Å². The highest BCUT2D eigenvalue weighted by atomic mass is 79.9. The van der Waals surface area contributed by atoms with Crippen molar-refractivity contribution in [3.63, 3.8) is 0 Å². The molecule has 23 heavy (non-hydrogen) atoms. The van der Waals surface area contributed by atoms with Crippen LogP contribution in [0.25, 0.3) is 0 Å². The Balaban J connectivity index is 0.00000192. The maximum Gasteiger partial charge on any atom is 0.320 e. The predicted molar refractivity (Wildman–Crippen MR) is 89.6 cm³/mol. The topological polar surface area (TPSA) is 79.5 Å². The summed E-state index contributed by atoms with van der Waals surface area (Å²) in [6.45, 7) is 1.14. The van der Waals surface area contributed by atoms with E-state index in [9.17, 15) is 9.90 Å². The van der Waals surface area contributed by atoms with Crippen molar-refractivity contribution in [1.82, 2.24) is 15.0 Å². The number of aliphatic carboxylic acids is 1. The normalized spacial score (nSPS) is 17.9. The SMILES string of the molecule is Cl.O=C(O)[C@H]1CCCN1Cc1nc(Cc2cccc(Br)c2)no1. The summed E-state index contributed by atoms with van der Waals surface area (Å²) in [4.78, 5) is 17.4. The Bertz CT molecular complexity index is 679. The Kier molecular flexibility index (Phi) is 6.15. The van der Waals surface area contributed by atoms with Gasteiger partial charge in [0.1, 0.15) is 6.04 Å². The molecule has 1 fully saturated rings. The highest BCUT2D eigenvalue weighted by Crippen LogP contribution is 2.20. The molecule has 1 aromatic heterocycles. The minimum absolute atomic E-state index is 0. The van der Waals surface area contributed by atoms with E-state index < -0.39 is 12.0 Å². The first-order valence-corrected chi connectivity index (χ1v) is 7.94. The highest BCUT2D eigenvalue weighted by Gasteiger charge is 2.31. The summed E-state index contributed by atoms with van der Waals surface area (Å²) in [5.74, 6) is 0.295. The molecule has 1 aromatic carbocycles. The van der Waals surface area contributed by atoms with Crippen LogP contribution >= 0.6 is 28.3 Å². The van der Waals surface area contributed by atoms with Crippen molar-refractivity contribution >= 4 is 34.3 Å². The van der Waals surface area contributed by atoms with Crippen molar-refractivity contribution in [2.24, 2.45) is 0 Å². The van der Waals surface area contributed by atoms with Crippen molar-refractivity contribution in [2.45, 2.75) is 31.8 Å². The van der Waals surface area contributed by atoms with Crippen LogP contribution in [0.2, 0.25) is 0 Å². The van der Waals surface area contributed by atoms with Gasteiger partial charge in [-0.3, -0.25) is 9.69 Å². The molecule has 1 atom stereocenters. The van der Waals surface area contributed by atoms with E-state index in [4.69, 9.17) is 4.52 Å². The number of aromatic nitrogens is 2. The molecule has 0 spiro atoms. The first kappa shape index (κ1) is 17.9. The lowest BCUT2D eigenvalue weighted by atomic mass is 10.1. The van der Waals surface area contributed by atoms with Gasteiger partial charge >= 0.3 is 5.97 Å². The van der Waals surface area contributed by atoms with Gasteiger partial charge in [-0.15, -0.1) is 12.4 Å². The fourth-order valence-electron chi connectivity index (χ4n) is 2.72. The zero-order valence-corrected chi connectivity index (χ0v) is 14.7. The quantitative estimate of drug-likeness (QED) is 0.828. The second kappa shape index (κ2) is 7.90. The first-order chi connectivity index (χ1) is 10.6. The summed E-state index contributed by atoms with van der Waals surface area (Å²) >= 11 is 3.43. The lowest BCUT2D eigenvalue weighted by Crippen LogP contribution is -2.35. The fourth-order valence-corrected chi connectivity index (χ4v) is 3.17. The molecular weight excluding hydrogens is 386 g/mol. The van der Waals surface area contributed by atoms with E-state index in [0.717, 1.165) is 23.0 Å². The number of carboxylic acids is 1. The third kappa shape index (κ3) is 4.53. The van der Waals surface area contributed by atoms with Gasteiger partial charge in [0.05, 0.1) is 6.54 Å². The van der Waals surface area contributed by atoms with E-state index >= 15 is 0 Å². The number of carboxylic acid groups (broad SMARTS) is 1. The van der Waals surface area contributed by atoms with Crippen LogP contribution in [-0.2, 0) is 17.8 Å². The lowest BCUT2D eigenvalue weighted by molar-refractivity contribution is -0.142. The van der Waals surface area contributed by atoms with E-state index in [0.29, 0.717) is 31.1 Å². The summed E-state index contributed by atoms with van der Waals surface area (Å²) in [5.41, 5.74) is 1.09. The van der Waals surface area contributed by atoms with E-state index in [1.165, 1.54) is 0 Å². The number of rotatable bonds is 5. The number of hydrogen-bond acceptors (Lipinski definition) is 5. The van der Waals surface area contributed by atoms with Gasteiger partial charge in [0.2, 0.25) is 5.89 Å². The number of nitrogens with zero attached hydrogens (tertiary/aromatic N) is 3. The number of halogens is 2. The minimum Gasteiger partial charge on any atom is -0.480 e. The molecule has 8 heteroatoms. The molecule has 3 rings (SSSR count). The van der Waals surface area contributed by atoms with E-state index in [-0.39, 0.29) is 12.4 Å². The maximum absolute atomic E-state index is 11.2. The van der Waals surface area contributed by atoms with Gasteiger partial charge in [0, 0.05) is 10.9 Å². The van der Waals surface area contributed by atoms with Crippen LogP contribution in [-0.4, -0.2) is 38.7 Å². The molecule has 1 aliphatic rings. The lowest BCUT2D eigenvalue weighted by Gasteiger charge is -2.18. The zero-order valence-electron chi connectivity index (χ0n) is 12.3. The molecule has 1 N–H and O–H groups in total. The smallest absolute Gasteiger partial charge is 0.320 e. The summed E-state index contributed by atoms with van der Waals surface area (Å²) in [5, 5.41) is 13.2. The number of carbonyl (C=O) groups is 1. The van der Waals surface area contributed by atoms with Crippen LogP contribution in [0.3, 0.4) is 0 Å². The summed E-state index contributed by atoms with van der Waals surface area (Å²) in [7, 11) is 0. The number of likely N-dealkylation sites (tertiary alicyclic amines) is 1. The maximum atomic E-state index is 11.2. The van der Waals surface area contributed by atoms with Gasteiger partial charge in [-0.2, -0.15) is 4.98 Å². The molecule has 0 unspecified atom stereocenters. The van der Waals surface area contributed by atoms with Gasteiger partial charge < -0.3 is 9.63 Å². The van der Waals surface area contributed by atoms with E-state index in [1.54, 1.807) is 0 Å². The fraction of sp³-hybridized carbons (Fsp3) is 0.400. The average molecular weight is 403 g/mol. The number of benzene rings is 1. The van der Waals surface area contributed by atoms with Crippen LogP contribution in [0.4, 0.5) is 0 Å². The first-order valence-electron chi connectivity index (χ1n) is 7.14. The highest BCUT2D eigenvalue weighted by molar-refractivity contribution is 9.10. The third-order valence-electron chi connectivity index (χ3n) is 3.75. The van der Waals surface area contributed by atoms with Gasteiger partial charge in [0.15, 0.2) is 5.82 Å². The summed E-state index contributed by atoms with van der Waals surface area (Å²) in [6.07, 6.45) is 2.15. The molecule has 6 nitrogen and oxygen atoms in total. The molecule has 1 saturated heterocycles. The molecule has 0 aliphatic carbocycles. The zero-order chi connectivity index (χ0) is 15.5. The van der Waals surface area contributed by atoms with Crippen LogP contribution in [0, 0.1) is 0 Å². The van der Waals surface area contributed by atoms with Crippen LogP contribution in [0.5, 0.6) is 0 Å².